The molecule has 3 rings (SSSR count). The average molecular weight is 423 g/mol. The molecule has 0 amide bonds. The predicted molar refractivity (Wildman–Crippen MR) is 103 cm³/mol. The summed E-state index contributed by atoms with van der Waals surface area (Å²) in [6, 6.07) is 12.9. The highest BCUT2D eigenvalue weighted by molar-refractivity contribution is 9.10. The standard InChI is InChI=1S/C18H19BrN2O3S/c1-12-14(15-5-3-4-6-16(15)21-12)9-10-20-25(22,23)18-11-13(19)7-8-17(18)24-2/h3-8,11,20-21H,9-10H2,1-2H3. The van der Waals surface area contributed by atoms with Gasteiger partial charge in [0.15, 0.2) is 0 Å². The first-order valence-corrected chi connectivity index (χ1v) is 10.1. The van der Waals surface area contributed by atoms with Crippen LogP contribution in [0.1, 0.15) is 11.3 Å². The topological polar surface area (TPSA) is 71.2 Å². The van der Waals surface area contributed by atoms with Crippen LogP contribution in [-0.2, 0) is 16.4 Å². The summed E-state index contributed by atoms with van der Waals surface area (Å²) < 4.78 is 33.8. The molecule has 132 valence electrons. The maximum Gasteiger partial charge on any atom is 0.244 e. The molecule has 25 heavy (non-hydrogen) atoms. The highest BCUT2D eigenvalue weighted by Crippen LogP contribution is 2.27. The molecule has 0 unspecified atom stereocenters. The van der Waals surface area contributed by atoms with Crippen LogP contribution in [0.25, 0.3) is 10.9 Å². The molecule has 0 spiro atoms. The fourth-order valence-corrected chi connectivity index (χ4v) is 4.64. The Bertz CT molecular complexity index is 1010. The number of sulfonamides is 1. The summed E-state index contributed by atoms with van der Waals surface area (Å²) >= 11 is 3.30. The minimum Gasteiger partial charge on any atom is -0.495 e. The number of halogens is 1. The Hall–Kier alpha value is -1.83. The van der Waals surface area contributed by atoms with Crippen LogP contribution < -0.4 is 9.46 Å². The quantitative estimate of drug-likeness (QED) is 0.634. The molecule has 0 aliphatic rings. The zero-order valence-electron chi connectivity index (χ0n) is 14.0. The smallest absolute Gasteiger partial charge is 0.244 e. The molecule has 0 saturated heterocycles. The van der Waals surface area contributed by atoms with E-state index >= 15 is 0 Å². The van der Waals surface area contributed by atoms with Gasteiger partial charge in [-0.1, -0.05) is 34.1 Å². The lowest BCUT2D eigenvalue weighted by Crippen LogP contribution is -2.26. The van der Waals surface area contributed by atoms with Gasteiger partial charge in [-0.15, -0.1) is 0 Å². The summed E-state index contributed by atoms with van der Waals surface area (Å²) in [7, 11) is -2.20. The number of aromatic amines is 1. The van der Waals surface area contributed by atoms with E-state index in [2.05, 4.69) is 25.6 Å². The summed E-state index contributed by atoms with van der Waals surface area (Å²) in [6.45, 7) is 2.31. The van der Waals surface area contributed by atoms with Crippen LogP contribution in [0.15, 0.2) is 51.8 Å². The van der Waals surface area contributed by atoms with Gasteiger partial charge < -0.3 is 9.72 Å². The maximum atomic E-state index is 12.6. The van der Waals surface area contributed by atoms with Crippen LogP contribution in [0, 0.1) is 6.92 Å². The van der Waals surface area contributed by atoms with Crippen LogP contribution in [0.5, 0.6) is 5.75 Å². The van der Waals surface area contributed by atoms with Crippen molar-refractivity contribution < 1.29 is 13.2 Å². The minimum atomic E-state index is -3.66. The number of fused-ring (bicyclic) bond motifs is 1. The second-order valence-electron chi connectivity index (χ2n) is 5.72. The third kappa shape index (κ3) is 3.73. The number of benzene rings is 2. The van der Waals surface area contributed by atoms with Crippen LogP contribution in [0.2, 0.25) is 0 Å². The highest BCUT2D eigenvalue weighted by Gasteiger charge is 2.20. The Balaban J connectivity index is 1.79. The van der Waals surface area contributed by atoms with Gasteiger partial charge in [0.05, 0.1) is 7.11 Å². The number of methoxy groups -OCH3 is 1. The van der Waals surface area contributed by atoms with E-state index in [1.807, 2.05) is 31.2 Å². The number of rotatable bonds is 6. The number of aryl methyl sites for hydroxylation is 1. The van der Waals surface area contributed by atoms with Crippen molar-refractivity contribution in [2.75, 3.05) is 13.7 Å². The molecule has 0 radical (unpaired) electrons. The minimum absolute atomic E-state index is 0.125. The van der Waals surface area contributed by atoms with Crippen LogP contribution in [-0.4, -0.2) is 27.1 Å². The molecule has 0 bridgehead atoms. The number of ether oxygens (including phenoxy) is 1. The molecule has 0 aliphatic heterocycles. The summed E-state index contributed by atoms with van der Waals surface area (Å²) in [5.74, 6) is 0.318. The number of hydrogen-bond acceptors (Lipinski definition) is 3. The van der Waals surface area contributed by atoms with Crippen molar-refractivity contribution in [1.82, 2.24) is 9.71 Å². The van der Waals surface area contributed by atoms with Gasteiger partial charge in [-0.25, -0.2) is 13.1 Å². The molecule has 0 atom stereocenters. The molecule has 7 heteroatoms. The second-order valence-corrected chi connectivity index (χ2v) is 8.37. The van der Waals surface area contributed by atoms with Gasteiger partial charge >= 0.3 is 0 Å². The van der Waals surface area contributed by atoms with Gasteiger partial charge in [0.25, 0.3) is 0 Å². The first-order chi connectivity index (χ1) is 11.9. The van der Waals surface area contributed by atoms with Crippen LogP contribution >= 0.6 is 15.9 Å². The molecule has 2 N–H and O–H groups in total. The van der Waals surface area contributed by atoms with E-state index in [1.165, 1.54) is 13.2 Å². The SMILES string of the molecule is COc1ccc(Br)cc1S(=O)(=O)NCCc1c(C)[nH]c2ccccc12. The van der Waals surface area contributed by atoms with Gasteiger partial charge in [-0.05, 0) is 43.2 Å². The van der Waals surface area contributed by atoms with Crippen molar-refractivity contribution in [3.8, 4) is 5.75 Å². The molecule has 0 saturated carbocycles. The molecule has 0 fully saturated rings. The van der Waals surface area contributed by atoms with Crippen molar-refractivity contribution in [2.45, 2.75) is 18.2 Å². The fraction of sp³-hybridized carbons (Fsp3) is 0.222. The van der Waals surface area contributed by atoms with Crippen molar-refractivity contribution in [3.63, 3.8) is 0 Å². The number of H-pyrrole nitrogens is 1. The van der Waals surface area contributed by atoms with Gasteiger partial charge in [0.2, 0.25) is 10.0 Å². The maximum absolute atomic E-state index is 12.6. The van der Waals surface area contributed by atoms with E-state index in [1.54, 1.807) is 12.1 Å². The zero-order valence-corrected chi connectivity index (χ0v) is 16.4. The van der Waals surface area contributed by atoms with E-state index in [-0.39, 0.29) is 4.90 Å². The first kappa shape index (κ1) is 18.0. The summed E-state index contributed by atoms with van der Waals surface area (Å²) in [5.41, 5.74) is 3.24. The summed E-state index contributed by atoms with van der Waals surface area (Å²) in [6.07, 6.45) is 0.603. The third-order valence-electron chi connectivity index (χ3n) is 4.11. The molecule has 1 aromatic heterocycles. The zero-order chi connectivity index (χ0) is 18.0. The van der Waals surface area contributed by atoms with Crippen molar-refractivity contribution in [1.29, 1.82) is 0 Å². The predicted octanol–water partition coefficient (Wildman–Crippen LogP) is 3.77. The first-order valence-electron chi connectivity index (χ1n) is 7.82. The van der Waals surface area contributed by atoms with Crippen molar-refractivity contribution in [3.05, 3.63) is 58.2 Å². The third-order valence-corrected chi connectivity index (χ3v) is 6.08. The second kappa shape index (κ2) is 7.19. The van der Waals surface area contributed by atoms with Crippen molar-refractivity contribution in [2.24, 2.45) is 0 Å². The lowest BCUT2D eigenvalue weighted by atomic mass is 10.1. The highest BCUT2D eigenvalue weighted by atomic mass is 79.9. The largest absolute Gasteiger partial charge is 0.495 e. The monoisotopic (exact) mass is 422 g/mol. The Kier molecular flexibility index (Phi) is 5.17. The summed E-state index contributed by atoms with van der Waals surface area (Å²) in [4.78, 5) is 3.45. The Labute approximate surface area is 155 Å². The number of hydrogen-bond donors (Lipinski definition) is 2. The van der Waals surface area contributed by atoms with Crippen LogP contribution in [0.4, 0.5) is 0 Å². The van der Waals surface area contributed by atoms with E-state index in [4.69, 9.17) is 4.74 Å². The van der Waals surface area contributed by atoms with E-state index in [0.717, 1.165) is 22.2 Å². The van der Waals surface area contributed by atoms with Gasteiger partial charge in [-0.2, -0.15) is 0 Å². The normalized spacial score (nSPS) is 11.8. The Morgan fingerprint density at radius 3 is 2.72 bits per heavy atom. The average Bonchev–Trinajstić information content (AvgIpc) is 2.90. The molecular weight excluding hydrogens is 404 g/mol. The van der Waals surface area contributed by atoms with Crippen molar-refractivity contribution >= 4 is 36.9 Å². The fourth-order valence-electron chi connectivity index (χ4n) is 2.91. The van der Waals surface area contributed by atoms with E-state index in [0.29, 0.717) is 23.2 Å². The molecule has 0 aliphatic carbocycles. The molecule has 2 aromatic carbocycles. The number of nitrogens with one attached hydrogen (secondary N) is 2. The van der Waals surface area contributed by atoms with Gasteiger partial charge in [-0.3, -0.25) is 0 Å². The number of aromatic nitrogens is 1. The lowest BCUT2D eigenvalue weighted by molar-refractivity contribution is 0.402. The van der Waals surface area contributed by atoms with Gasteiger partial charge in [0.1, 0.15) is 10.6 Å². The Morgan fingerprint density at radius 1 is 1.20 bits per heavy atom. The molecular formula is C18H19BrN2O3S. The van der Waals surface area contributed by atoms with E-state index in [9.17, 15) is 8.42 Å². The Morgan fingerprint density at radius 2 is 1.96 bits per heavy atom. The van der Waals surface area contributed by atoms with Crippen LogP contribution in [0.3, 0.4) is 0 Å². The van der Waals surface area contributed by atoms with Gasteiger partial charge in [0, 0.05) is 27.6 Å². The molecule has 3 aromatic rings. The van der Waals surface area contributed by atoms with E-state index < -0.39 is 10.0 Å². The molecule has 1 heterocycles. The molecule has 5 nitrogen and oxygen atoms in total. The lowest BCUT2D eigenvalue weighted by Gasteiger charge is -2.11. The number of para-hydroxylation sites is 1. The summed E-state index contributed by atoms with van der Waals surface area (Å²) in [5, 5.41) is 1.12.